The molecule has 0 unspecified atom stereocenters. The monoisotopic (exact) mass is 293 g/mol. The molecule has 21 heavy (non-hydrogen) atoms. The van der Waals surface area contributed by atoms with Crippen LogP contribution in [0.2, 0.25) is 0 Å². The summed E-state index contributed by atoms with van der Waals surface area (Å²) in [5, 5.41) is 17.3. The highest BCUT2D eigenvalue weighted by atomic mass is 16.6. The van der Waals surface area contributed by atoms with Gasteiger partial charge in [-0.15, -0.1) is 0 Å². The van der Waals surface area contributed by atoms with Crippen molar-refractivity contribution in [2.24, 2.45) is 0 Å². The Labute approximate surface area is 124 Å². The van der Waals surface area contributed by atoms with Crippen LogP contribution in [0, 0.1) is 10.1 Å². The molecule has 0 aromatic carbocycles. The quantitative estimate of drug-likeness (QED) is 0.537. The van der Waals surface area contributed by atoms with Crippen LogP contribution in [0.15, 0.2) is 12.1 Å². The second-order valence-electron chi connectivity index (χ2n) is 5.39. The third-order valence-electron chi connectivity index (χ3n) is 3.55. The van der Waals surface area contributed by atoms with Gasteiger partial charge in [-0.25, -0.2) is 4.98 Å². The van der Waals surface area contributed by atoms with E-state index in [1.807, 2.05) is 0 Å². The minimum atomic E-state index is -0.399. The molecule has 0 atom stereocenters. The number of aromatic nitrogens is 1. The van der Waals surface area contributed by atoms with E-state index in [1.54, 1.807) is 6.07 Å². The van der Waals surface area contributed by atoms with Crippen LogP contribution in [0.5, 0.6) is 0 Å². The molecule has 0 bridgehead atoms. The van der Waals surface area contributed by atoms with Crippen molar-refractivity contribution in [2.75, 3.05) is 37.3 Å². The zero-order chi connectivity index (χ0) is 15.2. The van der Waals surface area contributed by atoms with Gasteiger partial charge in [-0.2, -0.15) is 0 Å². The van der Waals surface area contributed by atoms with Crippen molar-refractivity contribution in [3.8, 4) is 0 Å². The molecule has 0 saturated heterocycles. The van der Waals surface area contributed by atoms with Crippen LogP contribution in [0.4, 0.5) is 17.3 Å². The molecular weight excluding hydrogens is 270 g/mol. The number of nitrogens with zero attached hydrogens (tertiary/aromatic N) is 3. The van der Waals surface area contributed by atoms with Crippen molar-refractivity contribution >= 4 is 17.3 Å². The van der Waals surface area contributed by atoms with Gasteiger partial charge < -0.3 is 15.5 Å². The van der Waals surface area contributed by atoms with Gasteiger partial charge in [0.15, 0.2) is 0 Å². The topological polar surface area (TPSA) is 83.3 Å². The molecule has 0 radical (unpaired) electrons. The Hall–Kier alpha value is -1.89. The minimum Gasteiger partial charge on any atom is -0.370 e. The average Bonchev–Trinajstić information content (AvgIpc) is 3.29. The predicted octanol–water partition coefficient (Wildman–Crippen LogP) is 2.32. The molecule has 116 valence electrons. The average molecular weight is 293 g/mol. The van der Waals surface area contributed by atoms with Gasteiger partial charge in [-0.1, -0.05) is 6.92 Å². The summed E-state index contributed by atoms with van der Waals surface area (Å²) in [4.78, 5) is 17.2. The molecule has 1 aliphatic rings. The third kappa shape index (κ3) is 4.56. The van der Waals surface area contributed by atoms with E-state index < -0.39 is 4.92 Å². The van der Waals surface area contributed by atoms with E-state index in [-0.39, 0.29) is 5.69 Å². The lowest BCUT2D eigenvalue weighted by Gasteiger charge is -2.16. The highest BCUT2D eigenvalue weighted by molar-refractivity contribution is 5.60. The molecule has 0 amide bonds. The Kier molecular flexibility index (Phi) is 5.32. The summed E-state index contributed by atoms with van der Waals surface area (Å²) in [6.07, 6.45) is 3.49. The Morgan fingerprint density at radius 3 is 2.76 bits per heavy atom. The minimum absolute atomic E-state index is 0.0196. The number of anilines is 2. The van der Waals surface area contributed by atoms with Crippen LogP contribution < -0.4 is 10.6 Å². The van der Waals surface area contributed by atoms with E-state index in [0.717, 1.165) is 19.5 Å². The largest absolute Gasteiger partial charge is 0.370 e. The summed E-state index contributed by atoms with van der Waals surface area (Å²) in [6, 6.07) is 3.83. The summed E-state index contributed by atoms with van der Waals surface area (Å²) >= 11 is 0. The van der Waals surface area contributed by atoms with Crippen molar-refractivity contribution in [2.45, 2.75) is 32.2 Å². The fourth-order valence-electron chi connectivity index (χ4n) is 2.13. The number of hydrogen-bond acceptors (Lipinski definition) is 6. The summed E-state index contributed by atoms with van der Waals surface area (Å²) < 4.78 is 0. The molecule has 2 N–H and O–H groups in total. The van der Waals surface area contributed by atoms with Crippen LogP contribution in [0.3, 0.4) is 0 Å². The molecule has 0 spiro atoms. The van der Waals surface area contributed by atoms with Gasteiger partial charge in [0.2, 0.25) is 5.82 Å². The normalized spacial score (nSPS) is 14.2. The first-order valence-corrected chi connectivity index (χ1v) is 7.45. The number of hydrogen-bond donors (Lipinski definition) is 2. The van der Waals surface area contributed by atoms with Crippen molar-refractivity contribution in [3.05, 3.63) is 22.2 Å². The first-order valence-electron chi connectivity index (χ1n) is 7.45. The van der Waals surface area contributed by atoms with Crippen molar-refractivity contribution in [1.82, 2.24) is 9.88 Å². The molecular formula is C14H23N5O2. The summed E-state index contributed by atoms with van der Waals surface area (Å²) in [5.74, 6) is 1.01. The predicted molar refractivity (Wildman–Crippen MR) is 83.8 cm³/mol. The second kappa shape index (κ2) is 7.21. The highest BCUT2D eigenvalue weighted by Crippen LogP contribution is 2.26. The van der Waals surface area contributed by atoms with Gasteiger partial charge in [0.25, 0.3) is 0 Å². The van der Waals surface area contributed by atoms with Crippen LogP contribution in [0.1, 0.15) is 26.2 Å². The van der Waals surface area contributed by atoms with E-state index in [0.29, 0.717) is 24.2 Å². The smallest absolute Gasteiger partial charge is 0.311 e. The van der Waals surface area contributed by atoms with Crippen LogP contribution in [-0.4, -0.2) is 47.5 Å². The standard InChI is InChI=1S/C14H23N5O2/c1-3-8-15-13-7-6-12(19(20)21)14(17-13)16-9-10-18(2)11-4-5-11/h6-7,11H,3-5,8-10H2,1-2H3,(H2,15,16,17). The summed E-state index contributed by atoms with van der Waals surface area (Å²) in [6.45, 7) is 4.37. The summed E-state index contributed by atoms with van der Waals surface area (Å²) in [7, 11) is 2.08. The maximum absolute atomic E-state index is 11.1. The maximum atomic E-state index is 11.1. The lowest BCUT2D eigenvalue weighted by molar-refractivity contribution is -0.384. The van der Waals surface area contributed by atoms with Gasteiger partial charge in [-0.05, 0) is 32.4 Å². The fraction of sp³-hybridized carbons (Fsp3) is 0.643. The van der Waals surface area contributed by atoms with Crippen LogP contribution >= 0.6 is 0 Å². The zero-order valence-electron chi connectivity index (χ0n) is 12.6. The van der Waals surface area contributed by atoms with E-state index in [2.05, 4.69) is 34.5 Å². The first kappa shape index (κ1) is 15.5. The number of pyridine rings is 1. The molecule has 1 aromatic rings. The Morgan fingerprint density at radius 2 is 2.14 bits per heavy atom. The van der Waals surface area contributed by atoms with Crippen molar-refractivity contribution in [3.63, 3.8) is 0 Å². The van der Waals surface area contributed by atoms with E-state index >= 15 is 0 Å². The molecule has 1 heterocycles. The number of likely N-dealkylation sites (N-methyl/N-ethyl adjacent to an activating group) is 1. The molecule has 2 rings (SSSR count). The lowest BCUT2D eigenvalue weighted by atomic mass is 10.3. The van der Waals surface area contributed by atoms with Gasteiger partial charge in [-0.3, -0.25) is 10.1 Å². The summed E-state index contributed by atoms with van der Waals surface area (Å²) in [5.41, 5.74) is 0.0196. The Morgan fingerprint density at radius 1 is 1.38 bits per heavy atom. The molecule has 1 fully saturated rings. The molecule has 1 aromatic heterocycles. The molecule has 7 nitrogen and oxygen atoms in total. The first-order chi connectivity index (χ1) is 10.1. The van der Waals surface area contributed by atoms with Gasteiger partial charge in [0, 0.05) is 31.7 Å². The lowest BCUT2D eigenvalue weighted by Crippen LogP contribution is -2.27. The van der Waals surface area contributed by atoms with Gasteiger partial charge >= 0.3 is 5.69 Å². The Balaban J connectivity index is 1.97. The fourth-order valence-corrected chi connectivity index (χ4v) is 2.13. The second-order valence-corrected chi connectivity index (χ2v) is 5.39. The molecule has 0 aliphatic heterocycles. The van der Waals surface area contributed by atoms with E-state index in [4.69, 9.17) is 0 Å². The van der Waals surface area contributed by atoms with Crippen LogP contribution in [0.25, 0.3) is 0 Å². The number of nitro groups is 1. The molecule has 7 heteroatoms. The van der Waals surface area contributed by atoms with Crippen LogP contribution in [-0.2, 0) is 0 Å². The number of rotatable bonds is 9. The molecule has 1 aliphatic carbocycles. The van der Waals surface area contributed by atoms with Crippen molar-refractivity contribution < 1.29 is 4.92 Å². The Bertz CT molecular complexity index is 490. The highest BCUT2D eigenvalue weighted by Gasteiger charge is 2.25. The van der Waals surface area contributed by atoms with E-state index in [9.17, 15) is 10.1 Å². The van der Waals surface area contributed by atoms with Gasteiger partial charge in [0.05, 0.1) is 4.92 Å². The SMILES string of the molecule is CCCNc1ccc([N+](=O)[O-])c(NCCN(C)C2CC2)n1. The third-order valence-corrected chi connectivity index (χ3v) is 3.55. The van der Waals surface area contributed by atoms with Crippen molar-refractivity contribution in [1.29, 1.82) is 0 Å². The molecule has 1 saturated carbocycles. The van der Waals surface area contributed by atoms with E-state index in [1.165, 1.54) is 18.9 Å². The number of nitrogens with one attached hydrogen (secondary N) is 2. The maximum Gasteiger partial charge on any atom is 0.311 e. The van der Waals surface area contributed by atoms with Gasteiger partial charge in [0.1, 0.15) is 5.82 Å². The zero-order valence-corrected chi connectivity index (χ0v) is 12.6.